The molecule has 5 N–H and O–H groups in total. The second-order valence-corrected chi connectivity index (χ2v) is 8.79. The quantitative estimate of drug-likeness (QED) is 0.295. The fourth-order valence-electron chi connectivity index (χ4n) is 4.13. The van der Waals surface area contributed by atoms with Crippen LogP contribution < -0.4 is 21.1 Å². The third-order valence-corrected chi connectivity index (χ3v) is 5.94. The van der Waals surface area contributed by atoms with Crippen LogP contribution in [0.15, 0.2) is 55.0 Å². The highest BCUT2D eigenvalue weighted by Gasteiger charge is 2.19. The van der Waals surface area contributed by atoms with E-state index >= 15 is 0 Å². The summed E-state index contributed by atoms with van der Waals surface area (Å²) < 4.78 is 6.24. The molecular formula is C26H33N7O3. The van der Waals surface area contributed by atoms with Crippen LogP contribution >= 0.6 is 0 Å². The second kappa shape index (κ2) is 12.8. The van der Waals surface area contributed by atoms with Gasteiger partial charge in [0.2, 0.25) is 5.95 Å². The molecule has 3 aromatic rings. The van der Waals surface area contributed by atoms with Gasteiger partial charge in [-0.05, 0) is 68.6 Å². The van der Waals surface area contributed by atoms with E-state index in [-0.39, 0.29) is 12.6 Å². The standard InChI is InChI=1S/C26H33N7O3/c27-9-3-10-29-26-30-16-20(17-31-26)19-7-11-28-24(14-19)32-21-4-1-5-23(15-21)36-22-6-2-12-33(13-8-22)18-25(34)35/h1,4-5,7,11,14-17,22H,2-3,6,8-10,12-13,18,27H2,(H,28,32)(H,34,35)(H,29,30,31). The predicted octanol–water partition coefficient (Wildman–Crippen LogP) is 3.36. The van der Waals surface area contributed by atoms with Crippen molar-refractivity contribution in [2.75, 3.05) is 43.4 Å². The topological polar surface area (TPSA) is 139 Å². The highest BCUT2D eigenvalue weighted by molar-refractivity contribution is 5.69. The SMILES string of the molecule is NCCCNc1ncc(-c2ccnc(Nc3cccc(OC4CCCN(CC(=O)O)CC4)c3)c2)cn1. The van der Waals surface area contributed by atoms with E-state index in [1.807, 2.05) is 41.3 Å². The zero-order valence-corrected chi connectivity index (χ0v) is 20.3. The molecule has 36 heavy (non-hydrogen) atoms. The van der Waals surface area contributed by atoms with Gasteiger partial charge in [0.25, 0.3) is 0 Å². The molecule has 2 aromatic heterocycles. The average Bonchev–Trinajstić information content (AvgIpc) is 3.09. The van der Waals surface area contributed by atoms with E-state index in [4.69, 9.17) is 15.6 Å². The normalized spacial score (nSPS) is 16.2. The Bertz CT molecular complexity index is 1130. The van der Waals surface area contributed by atoms with Crippen LogP contribution in [0, 0.1) is 0 Å². The number of pyridine rings is 1. The van der Waals surface area contributed by atoms with Crippen LogP contribution in [-0.2, 0) is 4.79 Å². The third-order valence-electron chi connectivity index (χ3n) is 5.94. The number of anilines is 3. The van der Waals surface area contributed by atoms with Crippen molar-refractivity contribution in [3.63, 3.8) is 0 Å². The Hall–Kier alpha value is -3.76. The Labute approximate surface area is 210 Å². The average molecular weight is 492 g/mol. The molecule has 0 spiro atoms. The highest BCUT2D eigenvalue weighted by Crippen LogP contribution is 2.26. The van der Waals surface area contributed by atoms with E-state index in [0.717, 1.165) is 67.9 Å². The molecule has 10 nitrogen and oxygen atoms in total. The summed E-state index contributed by atoms with van der Waals surface area (Å²) in [6.45, 7) is 2.96. The minimum atomic E-state index is -0.786. The number of carbonyl (C=O) groups is 1. The molecular weight excluding hydrogens is 458 g/mol. The zero-order chi connectivity index (χ0) is 25.2. The lowest BCUT2D eigenvalue weighted by molar-refractivity contribution is -0.138. The molecule has 1 atom stereocenters. The van der Waals surface area contributed by atoms with Gasteiger partial charge in [0, 0.05) is 49.0 Å². The number of nitrogens with one attached hydrogen (secondary N) is 2. The minimum Gasteiger partial charge on any atom is -0.490 e. The molecule has 3 heterocycles. The number of carboxylic acids is 1. The molecule has 1 aliphatic rings. The van der Waals surface area contributed by atoms with Crippen LogP contribution in [0.2, 0.25) is 0 Å². The Morgan fingerprint density at radius 3 is 2.78 bits per heavy atom. The predicted molar refractivity (Wildman–Crippen MR) is 139 cm³/mol. The largest absolute Gasteiger partial charge is 0.490 e. The maximum absolute atomic E-state index is 11.0. The number of nitrogens with two attached hydrogens (primary N) is 1. The number of likely N-dealkylation sites (tertiary alicyclic amines) is 1. The molecule has 0 radical (unpaired) electrons. The van der Waals surface area contributed by atoms with Crippen LogP contribution in [-0.4, -0.2) is 69.8 Å². The summed E-state index contributed by atoms with van der Waals surface area (Å²) in [5.74, 6) is 1.28. The second-order valence-electron chi connectivity index (χ2n) is 8.79. The Balaban J connectivity index is 1.36. The lowest BCUT2D eigenvalue weighted by atomic mass is 10.1. The summed E-state index contributed by atoms with van der Waals surface area (Å²) >= 11 is 0. The maximum Gasteiger partial charge on any atom is 0.317 e. The highest BCUT2D eigenvalue weighted by atomic mass is 16.5. The molecule has 1 fully saturated rings. The van der Waals surface area contributed by atoms with Gasteiger partial charge in [-0.1, -0.05) is 6.07 Å². The molecule has 0 bridgehead atoms. The van der Waals surface area contributed by atoms with E-state index < -0.39 is 5.97 Å². The summed E-state index contributed by atoms with van der Waals surface area (Å²) in [6, 6.07) is 11.7. The van der Waals surface area contributed by atoms with Crippen molar-refractivity contribution in [2.45, 2.75) is 31.8 Å². The molecule has 190 valence electrons. The van der Waals surface area contributed by atoms with Crippen LogP contribution in [0.1, 0.15) is 25.7 Å². The fraction of sp³-hybridized carbons (Fsp3) is 0.385. The molecule has 4 rings (SSSR count). The van der Waals surface area contributed by atoms with Gasteiger partial charge in [-0.15, -0.1) is 0 Å². The van der Waals surface area contributed by atoms with Crippen LogP contribution in [0.4, 0.5) is 17.5 Å². The van der Waals surface area contributed by atoms with Crippen molar-refractivity contribution >= 4 is 23.4 Å². The number of aromatic nitrogens is 3. The van der Waals surface area contributed by atoms with Crippen molar-refractivity contribution in [1.29, 1.82) is 0 Å². The number of benzene rings is 1. The molecule has 1 saturated heterocycles. The number of hydrogen-bond acceptors (Lipinski definition) is 9. The molecule has 0 amide bonds. The summed E-state index contributed by atoms with van der Waals surface area (Å²) in [4.78, 5) is 26.2. The van der Waals surface area contributed by atoms with E-state index in [2.05, 4.69) is 25.6 Å². The molecule has 0 aliphatic carbocycles. The molecule has 1 aromatic carbocycles. The summed E-state index contributed by atoms with van der Waals surface area (Å²) in [7, 11) is 0. The van der Waals surface area contributed by atoms with Crippen LogP contribution in [0.5, 0.6) is 5.75 Å². The number of carboxylic acid groups (broad SMARTS) is 1. The van der Waals surface area contributed by atoms with E-state index in [0.29, 0.717) is 18.3 Å². The van der Waals surface area contributed by atoms with Gasteiger partial charge < -0.3 is 26.2 Å². The Morgan fingerprint density at radius 2 is 1.97 bits per heavy atom. The maximum atomic E-state index is 11.0. The summed E-state index contributed by atoms with van der Waals surface area (Å²) in [5.41, 5.74) is 8.24. The van der Waals surface area contributed by atoms with Gasteiger partial charge in [-0.2, -0.15) is 0 Å². The van der Waals surface area contributed by atoms with Gasteiger partial charge in [-0.25, -0.2) is 15.0 Å². The molecule has 10 heteroatoms. The van der Waals surface area contributed by atoms with Gasteiger partial charge in [-0.3, -0.25) is 9.69 Å². The lowest BCUT2D eigenvalue weighted by Crippen LogP contribution is -2.31. The first-order valence-electron chi connectivity index (χ1n) is 12.3. The van der Waals surface area contributed by atoms with Gasteiger partial charge >= 0.3 is 5.97 Å². The number of rotatable bonds is 11. The Kier molecular flexibility index (Phi) is 9.01. The number of ether oxygens (including phenoxy) is 1. The summed E-state index contributed by atoms with van der Waals surface area (Å²) in [5, 5.41) is 15.5. The minimum absolute atomic E-state index is 0.0632. The molecule has 1 aliphatic heterocycles. The summed E-state index contributed by atoms with van der Waals surface area (Å²) in [6.07, 6.45) is 8.88. The third kappa shape index (κ3) is 7.62. The van der Waals surface area contributed by atoms with Crippen molar-refractivity contribution < 1.29 is 14.6 Å². The Morgan fingerprint density at radius 1 is 1.11 bits per heavy atom. The smallest absolute Gasteiger partial charge is 0.317 e. The van der Waals surface area contributed by atoms with Gasteiger partial charge in [0.05, 0.1) is 12.6 Å². The van der Waals surface area contributed by atoms with E-state index in [9.17, 15) is 4.79 Å². The van der Waals surface area contributed by atoms with Gasteiger partial charge in [0.15, 0.2) is 0 Å². The van der Waals surface area contributed by atoms with Crippen LogP contribution in [0.3, 0.4) is 0 Å². The van der Waals surface area contributed by atoms with E-state index in [1.165, 1.54) is 0 Å². The zero-order valence-electron chi connectivity index (χ0n) is 20.3. The first kappa shape index (κ1) is 25.3. The lowest BCUT2D eigenvalue weighted by Gasteiger charge is -2.19. The fourth-order valence-corrected chi connectivity index (χ4v) is 4.13. The first-order chi connectivity index (χ1) is 17.6. The number of nitrogens with zero attached hydrogens (tertiary/aromatic N) is 4. The van der Waals surface area contributed by atoms with Crippen molar-refractivity contribution in [2.24, 2.45) is 5.73 Å². The first-order valence-corrected chi connectivity index (χ1v) is 12.3. The van der Waals surface area contributed by atoms with Gasteiger partial charge in [0.1, 0.15) is 11.6 Å². The van der Waals surface area contributed by atoms with Crippen LogP contribution in [0.25, 0.3) is 11.1 Å². The number of hydrogen-bond donors (Lipinski definition) is 4. The van der Waals surface area contributed by atoms with Crippen molar-refractivity contribution in [1.82, 2.24) is 19.9 Å². The monoisotopic (exact) mass is 491 g/mol. The number of aliphatic carboxylic acids is 1. The van der Waals surface area contributed by atoms with E-state index in [1.54, 1.807) is 18.6 Å². The van der Waals surface area contributed by atoms with Crippen molar-refractivity contribution in [3.05, 3.63) is 55.0 Å². The molecule has 0 saturated carbocycles. The molecule has 1 unspecified atom stereocenters. The van der Waals surface area contributed by atoms with Crippen molar-refractivity contribution in [3.8, 4) is 16.9 Å².